The van der Waals surface area contributed by atoms with Gasteiger partial charge in [0.25, 0.3) is 5.56 Å². The van der Waals surface area contributed by atoms with E-state index in [4.69, 9.17) is 5.73 Å². The molecule has 2 aromatic heterocycles. The topological polar surface area (TPSA) is 60.9 Å². The molecule has 0 aliphatic heterocycles. The number of aromatic nitrogens is 2. The first kappa shape index (κ1) is 9.84. The van der Waals surface area contributed by atoms with E-state index in [1.807, 2.05) is 0 Å². The zero-order chi connectivity index (χ0) is 11.3. The van der Waals surface area contributed by atoms with Crippen LogP contribution in [0, 0.1) is 0 Å². The molecule has 0 saturated carbocycles. The Morgan fingerprint density at radius 2 is 2.12 bits per heavy atom. The summed E-state index contributed by atoms with van der Waals surface area (Å²) in [6.45, 7) is 0. The molecule has 0 amide bonds. The summed E-state index contributed by atoms with van der Waals surface area (Å²) < 4.78 is 1.43. The maximum atomic E-state index is 12.1. The Kier molecular flexibility index (Phi) is 2.04. The van der Waals surface area contributed by atoms with Crippen molar-refractivity contribution in [3.63, 3.8) is 0 Å². The zero-order valence-electron chi connectivity index (χ0n) is 9.12. The second-order valence-corrected chi connectivity index (χ2v) is 5.31. The molecule has 4 nitrogen and oxygen atoms in total. The predicted octanol–water partition coefficient (Wildman–Crippen LogP) is 1.46. The summed E-state index contributed by atoms with van der Waals surface area (Å²) in [5, 5.41) is 0.802. The van der Waals surface area contributed by atoms with Gasteiger partial charge in [-0.1, -0.05) is 0 Å². The molecule has 2 heterocycles. The molecular weight excluding hydrogens is 222 g/mol. The lowest BCUT2D eigenvalue weighted by Crippen LogP contribution is -2.21. The van der Waals surface area contributed by atoms with Crippen LogP contribution in [0.3, 0.4) is 0 Å². The average molecular weight is 235 g/mol. The van der Waals surface area contributed by atoms with Gasteiger partial charge in [-0.3, -0.25) is 9.36 Å². The normalized spacial score (nSPS) is 15.3. The van der Waals surface area contributed by atoms with Gasteiger partial charge in [0.2, 0.25) is 5.95 Å². The van der Waals surface area contributed by atoms with Gasteiger partial charge in [0.1, 0.15) is 4.83 Å². The summed E-state index contributed by atoms with van der Waals surface area (Å²) >= 11 is 1.63. The Hall–Kier alpha value is -1.36. The molecule has 0 aromatic carbocycles. The maximum absolute atomic E-state index is 12.1. The van der Waals surface area contributed by atoms with Crippen molar-refractivity contribution < 1.29 is 0 Å². The number of nitrogens with zero attached hydrogens (tertiary/aromatic N) is 2. The number of anilines is 1. The van der Waals surface area contributed by atoms with Crippen LogP contribution in [-0.2, 0) is 19.9 Å². The van der Waals surface area contributed by atoms with Crippen molar-refractivity contribution in [2.75, 3.05) is 5.73 Å². The van der Waals surface area contributed by atoms with Crippen LogP contribution in [-0.4, -0.2) is 9.55 Å². The van der Waals surface area contributed by atoms with Crippen molar-refractivity contribution in [1.29, 1.82) is 0 Å². The summed E-state index contributed by atoms with van der Waals surface area (Å²) in [6, 6.07) is 0. The van der Waals surface area contributed by atoms with E-state index in [0.717, 1.165) is 23.1 Å². The third-order valence-electron chi connectivity index (χ3n) is 3.23. The molecular formula is C11H13N3OS. The van der Waals surface area contributed by atoms with Crippen LogP contribution in [0.4, 0.5) is 5.95 Å². The molecule has 5 heteroatoms. The molecule has 0 fully saturated rings. The van der Waals surface area contributed by atoms with Gasteiger partial charge >= 0.3 is 0 Å². The Morgan fingerprint density at radius 3 is 2.94 bits per heavy atom. The Morgan fingerprint density at radius 1 is 1.38 bits per heavy atom. The molecule has 0 spiro atoms. The van der Waals surface area contributed by atoms with Crippen LogP contribution in [0.2, 0.25) is 0 Å². The van der Waals surface area contributed by atoms with Gasteiger partial charge in [0.05, 0.1) is 5.39 Å². The van der Waals surface area contributed by atoms with Gasteiger partial charge in [-0.25, -0.2) is 4.98 Å². The molecule has 84 valence electrons. The first-order valence-corrected chi connectivity index (χ1v) is 6.27. The van der Waals surface area contributed by atoms with Gasteiger partial charge in [0, 0.05) is 11.9 Å². The van der Waals surface area contributed by atoms with Crippen molar-refractivity contribution in [3.8, 4) is 0 Å². The molecule has 1 aliphatic rings. The molecule has 1 aliphatic carbocycles. The second kappa shape index (κ2) is 3.31. The third kappa shape index (κ3) is 1.21. The number of hydrogen-bond donors (Lipinski definition) is 1. The molecule has 0 unspecified atom stereocenters. The van der Waals surface area contributed by atoms with Crippen molar-refractivity contribution in [2.45, 2.75) is 25.7 Å². The van der Waals surface area contributed by atoms with E-state index < -0.39 is 0 Å². The van der Waals surface area contributed by atoms with E-state index in [-0.39, 0.29) is 5.56 Å². The molecule has 0 bridgehead atoms. The van der Waals surface area contributed by atoms with Crippen molar-refractivity contribution in [3.05, 3.63) is 20.8 Å². The van der Waals surface area contributed by atoms with Gasteiger partial charge in [0.15, 0.2) is 0 Å². The second-order valence-electron chi connectivity index (χ2n) is 4.23. The molecule has 0 saturated heterocycles. The Bertz CT molecular complexity index is 626. The third-order valence-corrected chi connectivity index (χ3v) is 4.42. The maximum Gasteiger partial charge on any atom is 0.263 e. The zero-order valence-corrected chi connectivity index (χ0v) is 9.93. The fourth-order valence-corrected chi connectivity index (χ4v) is 3.56. The highest BCUT2D eigenvalue weighted by Gasteiger charge is 2.20. The van der Waals surface area contributed by atoms with Crippen LogP contribution < -0.4 is 11.3 Å². The number of hydrogen-bond acceptors (Lipinski definition) is 4. The fraction of sp³-hybridized carbons (Fsp3) is 0.455. The minimum absolute atomic E-state index is 0.00176. The highest BCUT2D eigenvalue weighted by atomic mass is 32.1. The lowest BCUT2D eigenvalue weighted by molar-refractivity contribution is 0.699. The summed E-state index contributed by atoms with van der Waals surface area (Å²) in [7, 11) is 1.68. The smallest absolute Gasteiger partial charge is 0.263 e. The Labute approximate surface area is 96.7 Å². The van der Waals surface area contributed by atoms with Crippen LogP contribution in [0.5, 0.6) is 0 Å². The first-order chi connectivity index (χ1) is 7.68. The fourth-order valence-electron chi connectivity index (χ4n) is 2.30. The largest absolute Gasteiger partial charge is 0.369 e. The van der Waals surface area contributed by atoms with Crippen molar-refractivity contribution >= 4 is 27.5 Å². The van der Waals surface area contributed by atoms with Gasteiger partial charge in [-0.2, -0.15) is 0 Å². The molecule has 16 heavy (non-hydrogen) atoms. The van der Waals surface area contributed by atoms with Gasteiger partial charge < -0.3 is 5.73 Å². The first-order valence-electron chi connectivity index (χ1n) is 5.45. The summed E-state index contributed by atoms with van der Waals surface area (Å²) in [5.74, 6) is 0.302. The molecule has 3 rings (SSSR count). The van der Waals surface area contributed by atoms with E-state index in [9.17, 15) is 4.79 Å². The van der Waals surface area contributed by atoms with Crippen LogP contribution >= 0.6 is 11.3 Å². The van der Waals surface area contributed by atoms with Crippen molar-refractivity contribution in [2.24, 2.45) is 7.05 Å². The van der Waals surface area contributed by atoms with E-state index in [1.165, 1.54) is 27.8 Å². The molecule has 2 aromatic rings. The SMILES string of the molecule is Cn1c(N)nc2sc3c(c2c1=O)CCCC3. The number of rotatable bonds is 0. The lowest BCUT2D eigenvalue weighted by atomic mass is 9.97. The highest BCUT2D eigenvalue weighted by molar-refractivity contribution is 7.18. The molecule has 0 atom stereocenters. The van der Waals surface area contributed by atoms with Gasteiger partial charge in [-0.05, 0) is 31.2 Å². The number of thiophene rings is 1. The van der Waals surface area contributed by atoms with E-state index in [2.05, 4.69) is 4.98 Å². The summed E-state index contributed by atoms with van der Waals surface area (Å²) in [5.41, 5.74) is 6.93. The van der Waals surface area contributed by atoms with E-state index in [1.54, 1.807) is 18.4 Å². The minimum atomic E-state index is 0.00176. The highest BCUT2D eigenvalue weighted by Crippen LogP contribution is 2.33. The van der Waals surface area contributed by atoms with Crippen molar-refractivity contribution in [1.82, 2.24) is 9.55 Å². The number of aryl methyl sites for hydroxylation is 2. The summed E-state index contributed by atoms with van der Waals surface area (Å²) in [6.07, 6.45) is 4.48. The number of nitrogen functional groups attached to an aromatic ring is 1. The Balaban J connectivity index is 2.45. The van der Waals surface area contributed by atoms with Gasteiger partial charge in [-0.15, -0.1) is 11.3 Å². The van der Waals surface area contributed by atoms with Crippen LogP contribution in [0.25, 0.3) is 10.2 Å². The number of fused-ring (bicyclic) bond motifs is 3. The van der Waals surface area contributed by atoms with E-state index >= 15 is 0 Å². The van der Waals surface area contributed by atoms with Crippen LogP contribution in [0.15, 0.2) is 4.79 Å². The molecule has 0 radical (unpaired) electrons. The standard InChI is InChI=1S/C11H13N3OS/c1-14-10(15)8-6-4-2-3-5-7(6)16-9(8)13-11(14)12/h2-5H2,1H3,(H2,12,13). The minimum Gasteiger partial charge on any atom is -0.369 e. The number of nitrogens with two attached hydrogens (primary N) is 1. The lowest BCUT2D eigenvalue weighted by Gasteiger charge is -2.10. The monoisotopic (exact) mass is 235 g/mol. The van der Waals surface area contributed by atoms with E-state index in [0.29, 0.717) is 5.95 Å². The van der Waals surface area contributed by atoms with Crippen LogP contribution in [0.1, 0.15) is 23.3 Å². The molecule has 2 N–H and O–H groups in total. The average Bonchev–Trinajstić information content (AvgIpc) is 2.64. The quantitative estimate of drug-likeness (QED) is 0.752. The predicted molar refractivity (Wildman–Crippen MR) is 65.9 cm³/mol. The summed E-state index contributed by atoms with van der Waals surface area (Å²) in [4.78, 5) is 18.6.